The average molecular weight is 218 g/mol. The van der Waals surface area contributed by atoms with E-state index in [2.05, 4.69) is 28.1 Å². The molecule has 0 aliphatic carbocycles. The highest BCUT2D eigenvalue weighted by Gasteiger charge is 2.08. The van der Waals surface area contributed by atoms with Crippen LogP contribution in [0.3, 0.4) is 0 Å². The molecule has 3 heteroatoms. The van der Waals surface area contributed by atoms with Gasteiger partial charge in [-0.3, -0.25) is 0 Å². The third-order valence-electron chi connectivity index (χ3n) is 3.00. The maximum Gasteiger partial charge on any atom is 0.0710 e. The Morgan fingerprint density at radius 2 is 2.00 bits per heavy atom. The number of anilines is 1. The minimum absolute atomic E-state index is 0.0566. The van der Waals surface area contributed by atoms with E-state index in [-0.39, 0.29) is 12.1 Å². The molecule has 2 aromatic rings. The van der Waals surface area contributed by atoms with Gasteiger partial charge in [-0.15, -0.1) is 0 Å². The smallest absolute Gasteiger partial charge is 0.0710 e. The molecule has 0 bridgehead atoms. The van der Waals surface area contributed by atoms with Crippen molar-refractivity contribution in [1.82, 2.24) is 4.57 Å². The summed E-state index contributed by atoms with van der Waals surface area (Å²) >= 11 is 0. The summed E-state index contributed by atoms with van der Waals surface area (Å²) in [6.07, 6.45) is 1.69. The maximum absolute atomic E-state index is 9.43. The van der Waals surface area contributed by atoms with Gasteiger partial charge in [-0.05, 0) is 38.1 Å². The first kappa shape index (κ1) is 11.0. The number of nitrogens with one attached hydrogen (secondary N) is 1. The second-order valence-corrected chi connectivity index (χ2v) is 4.37. The Kier molecular flexibility index (Phi) is 2.88. The number of aromatic nitrogens is 1. The van der Waals surface area contributed by atoms with E-state index in [1.54, 1.807) is 6.92 Å². The Hall–Kier alpha value is -1.48. The Morgan fingerprint density at radius 1 is 1.25 bits per heavy atom. The van der Waals surface area contributed by atoms with Crippen LogP contribution >= 0.6 is 0 Å². The molecule has 16 heavy (non-hydrogen) atoms. The summed E-state index contributed by atoms with van der Waals surface area (Å²) in [5.41, 5.74) is 2.27. The van der Waals surface area contributed by atoms with Crippen LogP contribution in [0.1, 0.15) is 13.8 Å². The number of fused-ring (bicyclic) bond motifs is 1. The molecule has 2 N–H and O–H groups in total. The zero-order chi connectivity index (χ0) is 11.7. The number of aliphatic hydroxyl groups is 1. The predicted octanol–water partition coefficient (Wildman–Crippen LogP) is 2.36. The van der Waals surface area contributed by atoms with Crippen molar-refractivity contribution in [2.75, 3.05) is 5.32 Å². The van der Waals surface area contributed by atoms with Gasteiger partial charge >= 0.3 is 0 Å². The lowest BCUT2D eigenvalue weighted by Gasteiger charge is -2.17. The van der Waals surface area contributed by atoms with E-state index in [0.29, 0.717) is 0 Å². The van der Waals surface area contributed by atoms with Gasteiger partial charge in [-0.2, -0.15) is 0 Å². The van der Waals surface area contributed by atoms with Gasteiger partial charge in [-0.1, -0.05) is 0 Å². The lowest BCUT2D eigenvalue weighted by atomic mass is 10.2. The fraction of sp³-hybridized carbons (Fsp3) is 0.385. The Labute approximate surface area is 95.7 Å². The molecule has 0 saturated heterocycles. The minimum atomic E-state index is -0.355. The average Bonchev–Trinajstić information content (AvgIpc) is 2.60. The normalized spacial score (nSPS) is 15.0. The summed E-state index contributed by atoms with van der Waals surface area (Å²) in [6, 6.07) is 8.39. The molecule has 2 rings (SSSR count). The van der Waals surface area contributed by atoms with Crippen molar-refractivity contribution in [3.63, 3.8) is 0 Å². The summed E-state index contributed by atoms with van der Waals surface area (Å²) in [6.45, 7) is 3.76. The molecule has 2 unspecified atom stereocenters. The predicted molar refractivity (Wildman–Crippen MR) is 67.7 cm³/mol. The number of rotatable bonds is 3. The van der Waals surface area contributed by atoms with E-state index in [9.17, 15) is 5.11 Å². The highest BCUT2D eigenvalue weighted by molar-refractivity contribution is 5.83. The Bertz CT molecular complexity index is 488. The molecule has 86 valence electrons. The third kappa shape index (κ3) is 2.04. The van der Waals surface area contributed by atoms with Crippen LogP contribution in [0.4, 0.5) is 5.69 Å². The molecule has 1 aromatic heterocycles. The molecular weight excluding hydrogens is 200 g/mol. The summed E-state index contributed by atoms with van der Waals surface area (Å²) in [5.74, 6) is 0. The van der Waals surface area contributed by atoms with Gasteiger partial charge in [0.05, 0.1) is 6.10 Å². The van der Waals surface area contributed by atoms with Gasteiger partial charge in [0.1, 0.15) is 0 Å². The first-order valence-electron chi connectivity index (χ1n) is 5.57. The van der Waals surface area contributed by atoms with E-state index in [1.165, 1.54) is 10.9 Å². The van der Waals surface area contributed by atoms with Crippen LogP contribution in [0.5, 0.6) is 0 Å². The molecule has 0 aliphatic rings. The van der Waals surface area contributed by atoms with Crippen molar-refractivity contribution in [2.45, 2.75) is 26.0 Å². The first-order valence-corrected chi connectivity index (χ1v) is 5.57. The summed E-state index contributed by atoms with van der Waals surface area (Å²) < 4.78 is 2.09. The molecule has 0 aliphatic heterocycles. The monoisotopic (exact) mass is 218 g/mol. The maximum atomic E-state index is 9.43. The van der Waals surface area contributed by atoms with Crippen LogP contribution < -0.4 is 5.32 Å². The fourth-order valence-electron chi connectivity index (χ4n) is 1.75. The van der Waals surface area contributed by atoms with Crippen molar-refractivity contribution >= 4 is 16.6 Å². The number of benzene rings is 1. The summed E-state index contributed by atoms with van der Waals surface area (Å²) in [4.78, 5) is 0. The number of nitrogens with zero attached hydrogens (tertiary/aromatic N) is 1. The first-order chi connectivity index (χ1) is 7.58. The Balaban J connectivity index is 2.26. The molecule has 0 radical (unpaired) electrons. The SMILES string of the molecule is CC(O)C(C)Nc1ccc2c(ccn2C)c1. The summed E-state index contributed by atoms with van der Waals surface area (Å²) in [5, 5.41) is 13.9. The number of aliphatic hydroxyl groups excluding tert-OH is 1. The van der Waals surface area contributed by atoms with Crippen molar-refractivity contribution < 1.29 is 5.11 Å². The fourth-order valence-corrected chi connectivity index (χ4v) is 1.75. The quantitative estimate of drug-likeness (QED) is 0.830. The van der Waals surface area contributed by atoms with Gasteiger partial charge in [-0.25, -0.2) is 0 Å². The third-order valence-corrected chi connectivity index (χ3v) is 3.00. The topological polar surface area (TPSA) is 37.2 Å². The second kappa shape index (κ2) is 4.18. The number of hydrogen-bond acceptors (Lipinski definition) is 2. The van der Waals surface area contributed by atoms with E-state index in [4.69, 9.17) is 0 Å². The molecule has 2 atom stereocenters. The molecule has 1 aromatic carbocycles. The van der Waals surface area contributed by atoms with E-state index in [1.807, 2.05) is 26.2 Å². The molecule has 3 nitrogen and oxygen atoms in total. The second-order valence-electron chi connectivity index (χ2n) is 4.37. The number of hydrogen-bond donors (Lipinski definition) is 2. The van der Waals surface area contributed by atoms with E-state index >= 15 is 0 Å². The highest BCUT2D eigenvalue weighted by Crippen LogP contribution is 2.20. The largest absolute Gasteiger partial charge is 0.391 e. The molecular formula is C13H18N2O. The number of aryl methyl sites for hydroxylation is 1. The van der Waals surface area contributed by atoms with Crippen LogP contribution in [-0.2, 0) is 7.05 Å². The molecule has 0 spiro atoms. The van der Waals surface area contributed by atoms with Gasteiger partial charge in [0, 0.05) is 35.9 Å². The highest BCUT2D eigenvalue weighted by atomic mass is 16.3. The Morgan fingerprint density at radius 3 is 2.69 bits per heavy atom. The molecule has 0 saturated carbocycles. The zero-order valence-corrected chi connectivity index (χ0v) is 9.94. The van der Waals surface area contributed by atoms with Crippen molar-refractivity contribution in [3.05, 3.63) is 30.5 Å². The van der Waals surface area contributed by atoms with Crippen molar-refractivity contribution in [2.24, 2.45) is 7.05 Å². The lowest BCUT2D eigenvalue weighted by molar-refractivity contribution is 0.178. The molecule has 1 heterocycles. The van der Waals surface area contributed by atoms with Crippen LogP contribution in [0.2, 0.25) is 0 Å². The van der Waals surface area contributed by atoms with Crippen LogP contribution in [0.15, 0.2) is 30.5 Å². The van der Waals surface area contributed by atoms with Gasteiger partial charge < -0.3 is 15.0 Å². The van der Waals surface area contributed by atoms with Gasteiger partial charge in [0.2, 0.25) is 0 Å². The van der Waals surface area contributed by atoms with Crippen molar-refractivity contribution in [1.29, 1.82) is 0 Å². The minimum Gasteiger partial charge on any atom is -0.391 e. The van der Waals surface area contributed by atoms with Crippen LogP contribution in [0, 0.1) is 0 Å². The van der Waals surface area contributed by atoms with Crippen LogP contribution in [0.25, 0.3) is 10.9 Å². The van der Waals surface area contributed by atoms with Gasteiger partial charge in [0.25, 0.3) is 0 Å². The lowest BCUT2D eigenvalue weighted by Crippen LogP contribution is -2.27. The zero-order valence-electron chi connectivity index (χ0n) is 9.94. The summed E-state index contributed by atoms with van der Waals surface area (Å²) in [7, 11) is 2.04. The molecule has 0 fully saturated rings. The van der Waals surface area contributed by atoms with E-state index in [0.717, 1.165) is 5.69 Å². The molecule has 0 amide bonds. The standard InChI is InChI=1S/C13H18N2O/c1-9(10(2)16)14-12-4-5-13-11(8-12)6-7-15(13)3/h4-10,14,16H,1-3H3. The van der Waals surface area contributed by atoms with Gasteiger partial charge in [0.15, 0.2) is 0 Å². The van der Waals surface area contributed by atoms with Crippen molar-refractivity contribution in [3.8, 4) is 0 Å². The van der Waals surface area contributed by atoms with E-state index < -0.39 is 0 Å². The van der Waals surface area contributed by atoms with Crippen LogP contribution in [-0.4, -0.2) is 21.8 Å².